The number of nitrogens with two attached hydrogens (primary N) is 1. The van der Waals surface area contributed by atoms with Crippen LogP contribution in [0.15, 0.2) is 0 Å². The maximum absolute atomic E-state index is 5.77. The normalized spacial score (nSPS) is 31.2. The highest BCUT2D eigenvalue weighted by molar-refractivity contribution is 5.07. The van der Waals surface area contributed by atoms with Crippen LogP contribution in [-0.4, -0.2) is 19.3 Å². The summed E-state index contributed by atoms with van der Waals surface area (Å²) >= 11 is 0. The summed E-state index contributed by atoms with van der Waals surface area (Å²) in [5.74, 6) is 0.657. The second-order valence-electron chi connectivity index (χ2n) is 4.57. The van der Waals surface area contributed by atoms with Crippen molar-refractivity contribution < 1.29 is 4.74 Å². The second kappa shape index (κ2) is 3.00. The zero-order valence-electron chi connectivity index (χ0n) is 8.68. The lowest BCUT2D eigenvalue weighted by atomic mass is 9.89. The molecule has 2 nitrogen and oxygen atoms in total. The quantitative estimate of drug-likeness (QED) is 0.700. The predicted molar refractivity (Wildman–Crippen MR) is 51.0 cm³/mol. The molecular formula is C10H21NO. The Bertz CT molecular complexity index is 153. The van der Waals surface area contributed by atoms with Gasteiger partial charge < -0.3 is 10.5 Å². The molecule has 0 amide bonds. The van der Waals surface area contributed by atoms with Crippen molar-refractivity contribution in [2.75, 3.05) is 13.7 Å². The van der Waals surface area contributed by atoms with Crippen LogP contribution >= 0.6 is 0 Å². The molecule has 1 aliphatic rings. The standard InChI is InChI=1S/C10H21NO/c1-5-10(7-11,12-4)8-6-9(8,2)3/h8H,5-7,11H2,1-4H3. The summed E-state index contributed by atoms with van der Waals surface area (Å²) in [4.78, 5) is 0. The van der Waals surface area contributed by atoms with Gasteiger partial charge in [0.1, 0.15) is 0 Å². The molecule has 1 rings (SSSR count). The van der Waals surface area contributed by atoms with Gasteiger partial charge in [0.2, 0.25) is 0 Å². The minimum absolute atomic E-state index is 0.0521. The van der Waals surface area contributed by atoms with Crippen molar-refractivity contribution in [2.45, 2.75) is 39.2 Å². The topological polar surface area (TPSA) is 35.2 Å². The smallest absolute Gasteiger partial charge is 0.0830 e. The summed E-state index contributed by atoms with van der Waals surface area (Å²) in [5.41, 5.74) is 6.16. The van der Waals surface area contributed by atoms with E-state index in [-0.39, 0.29) is 5.60 Å². The molecule has 2 N–H and O–H groups in total. The fourth-order valence-electron chi connectivity index (χ4n) is 2.27. The molecule has 2 unspecified atom stereocenters. The Labute approximate surface area is 75.5 Å². The van der Waals surface area contributed by atoms with Crippen molar-refractivity contribution in [3.05, 3.63) is 0 Å². The van der Waals surface area contributed by atoms with E-state index in [4.69, 9.17) is 10.5 Å². The number of ether oxygens (including phenoxy) is 1. The molecule has 0 radical (unpaired) electrons. The first-order chi connectivity index (χ1) is 5.52. The van der Waals surface area contributed by atoms with Crippen molar-refractivity contribution in [2.24, 2.45) is 17.1 Å². The van der Waals surface area contributed by atoms with Gasteiger partial charge in [-0.3, -0.25) is 0 Å². The fourth-order valence-corrected chi connectivity index (χ4v) is 2.27. The highest BCUT2D eigenvalue weighted by atomic mass is 16.5. The van der Waals surface area contributed by atoms with Gasteiger partial charge in [-0.1, -0.05) is 20.8 Å². The van der Waals surface area contributed by atoms with Crippen molar-refractivity contribution in [1.82, 2.24) is 0 Å². The molecule has 2 heteroatoms. The molecule has 0 aromatic carbocycles. The number of hydrogen-bond acceptors (Lipinski definition) is 2. The van der Waals surface area contributed by atoms with E-state index in [2.05, 4.69) is 20.8 Å². The van der Waals surface area contributed by atoms with Crippen molar-refractivity contribution in [3.63, 3.8) is 0 Å². The van der Waals surface area contributed by atoms with Gasteiger partial charge in [0.25, 0.3) is 0 Å². The van der Waals surface area contributed by atoms with Crippen LogP contribution in [0.2, 0.25) is 0 Å². The number of rotatable bonds is 4. The number of hydrogen-bond donors (Lipinski definition) is 1. The first-order valence-electron chi connectivity index (χ1n) is 4.77. The van der Waals surface area contributed by atoms with Gasteiger partial charge in [0.05, 0.1) is 5.60 Å². The monoisotopic (exact) mass is 171 g/mol. The summed E-state index contributed by atoms with van der Waals surface area (Å²) in [6.07, 6.45) is 2.28. The van der Waals surface area contributed by atoms with Crippen LogP contribution in [0.4, 0.5) is 0 Å². The lowest BCUT2D eigenvalue weighted by molar-refractivity contribution is -0.0334. The van der Waals surface area contributed by atoms with E-state index in [0.717, 1.165) is 6.42 Å². The van der Waals surface area contributed by atoms with Crippen LogP contribution in [0.5, 0.6) is 0 Å². The minimum atomic E-state index is -0.0521. The molecule has 0 saturated heterocycles. The van der Waals surface area contributed by atoms with Gasteiger partial charge >= 0.3 is 0 Å². The zero-order chi connectivity index (χ0) is 9.41. The summed E-state index contributed by atoms with van der Waals surface area (Å²) in [5, 5.41) is 0. The molecule has 12 heavy (non-hydrogen) atoms. The summed E-state index contributed by atoms with van der Waals surface area (Å²) in [6, 6.07) is 0. The van der Waals surface area contributed by atoms with E-state index in [9.17, 15) is 0 Å². The molecule has 0 bridgehead atoms. The third-order valence-electron chi connectivity index (χ3n) is 3.50. The molecule has 0 heterocycles. The van der Waals surface area contributed by atoms with Crippen LogP contribution in [-0.2, 0) is 4.74 Å². The Balaban J connectivity index is 2.68. The predicted octanol–water partition coefficient (Wildman–Crippen LogP) is 1.79. The summed E-state index contributed by atoms with van der Waals surface area (Å²) in [7, 11) is 1.78. The molecule has 1 saturated carbocycles. The van der Waals surface area contributed by atoms with Crippen LogP contribution in [0.3, 0.4) is 0 Å². The maximum atomic E-state index is 5.77. The molecule has 2 atom stereocenters. The van der Waals surface area contributed by atoms with E-state index in [1.807, 2.05) is 0 Å². The lowest BCUT2D eigenvalue weighted by Crippen LogP contribution is -2.42. The van der Waals surface area contributed by atoms with E-state index in [0.29, 0.717) is 17.9 Å². The van der Waals surface area contributed by atoms with E-state index >= 15 is 0 Å². The average molecular weight is 171 g/mol. The van der Waals surface area contributed by atoms with Crippen molar-refractivity contribution in [1.29, 1.82) is 0 Å². The van der Waals surface area contributed by atoms with Crippen LogP contribution in [0.25, 0.3) is 0 Å². The Hall–Kier alpha value is -0.0800. The lowest BCUT2D eigenvalue weighted by Gasteiger charge is -2.31. The van der Waals surface area contributed by atoms with Crippen LogP contribution < -0.4 is 5.73 Å². The van der Waals surface area contributed by atoms with Crippen molar-refractivity contribution in [3.8, 4) is 0 Å². The minimum Gasteiger partial charge on any atom is -0.377 e. The molecule has 0 aromatic rings. The Morgan fingerprint density at radius 2 is 2.08 bits per heavy atom. The Kier molecular flexibility index (Phi) is 2.50. The third kappa shape index (κ3) is 1.38. The van der Waals surface area contributed by atoms with Gasteiger partial charge in [0, 0.05) is 13.7 Å². The van der Waals surface area contributed by atoms with E-state index in [1.54, 1.807) is 7.11 Å². The Morgan fingerprint density at radius 1 is 1.58 bits per heavy atom. The summed E-state index contributed by atoms with van der Waals surface area (Å²) in [6.45, 7) is 7.38. The average Bonchev–Trinajstić information content (AvgIpc) is 2.66. The highest BCUT2D eigenvalue weighted by Crippen LogP contribution is 2.58. The first kappa shape index (κ1) is 10.0. The zero-order valence-corrected chi connectivity index (χ0v) is 8.68. The van der Waals surface area contributed by atoms with E-state index in [1.165, 1.54) is 6.42 Å². The molecule has 1 fully saturated rings. The molecule has 0 aromatic heterocycles. The second-order valence-corrected chi connectivity index (χ2v) is 4.57. The highest BCUT2D eigenvalue weighted by Gasteiger charge is 2.57. The van der Waals surface area contributed by atoms with Gasteiger partial charge in [-0.15, -0.1) is 0 Å². The largest absolute Gasteiger partial charge is 0.377 e. The molecule has 0 aliphatic heterocycles. The number of methoxy groups -OCH3 is 1. The van der Waals surface area contributed by atoms with Crippen LogP contribution in [0, 0.1) is 11.3 Å². The Morgan fingerprint density at radius 3 is 2.17 bits per heavy atom. The van der Waals surface area contributed by atoms with Crippen molar-refractivity contribution >= 4 is 0 Å². The van der Waals surface area contributed by atoms with Gasteiger partial charge in [0.15, 0.2) is 0 Å². The van der Waals surface area contributed by atoms with Gasteiger partial charge in [-0.05, 0) is 24.2 Å². The maximum Gasteiger partial charge on any atom is 0.0830 e. The van der Waals surface area contributed by atoms with E-state index < -0.39 is 0 Å². The summed E-state index contributed by atoms with van der Waals surface area (Å²) < 4.78 is 5.57. The van der Waals surface area contributed by atoms with Gasteiger partial charge in [-0.25, -0.2) is 0 Å². The SMILES string of the molecule is CCC(CN)(OC)C1CC1(C)C. The fraction of sp³-hybridized carbons (Fsp3) is 1.00. The first-order valence-corrected chi connectivity index (χ1v) is 4.77. The van der Waals surface area contributed by atoms with Gasteiger partial charge in [-0.2, -0.15) is 0 Å². The third-order valence-corrected chi connectivity index (χ3v) is 3.50. The molecule has 0 spiro atoms. The molecule has 1 aliphatic carbocycles. The molecule has 72 valence electrons. The van der Waals surface area contributed by atoms with Crippen LogP contribution in [0.1, 0.15) is 33.6 Å². The molecular weight excluding hydrogens is 150 g/mol.